The molecule has 4 aromatic heterocycles. The Morgan fingerprint density at radius 1 is 0.333 bits per heavy atom. The standard InChI is InChI=1S/C24H12Cl2F2O3.C24H10Cl2O3/c25-11-1-3-13(17(27)7-11)15-10-22-16(9-20(15)30)24-21(31-22)6-5-19(29)23(24)14-4-2-12(26)8-18(14)28;25-11-1-3-13-15-9-22-16(10-21(15)29-19(13)7-11)24-18(28-22)6-5-17-23(24)14-4-2-12(26)8-20(14)27-17/h1-10,29-30H;1-10H. The van der Waals surface area contributed by atoms with Gasteiger partial charge in [-0.3, -0.25) is 0 Å². The second kappa shape index (κ2) is 13.6. The Morgan fingerprint density at radius 2 is 0.783 bits per heavy atom. The van der Waals surface area contributed by atoms with E-state index in [1.807, 2.05) is 60.7 Å². The number of phenols is 2. The van der Waals surface area contributed by atoms with Gasteiger partial charge in [-0.1, -0.05) is 46.4 Å². The van der Waals surface area contributed by atoms with Crippen LogP contribution < -0.4 is 0 Å². The number of halogens is 6. The first-order valence-electron chi connectivity index (χ1n) is 18.3. The molecule has 12 rings (SSSR count). The molecule has 0 aliphatic carbocycles. The average Bonchev–Trinajstić information content (AvgIpc) is 3.96. The molecule has 12 heteroatoms. The summed E-state index contributed by atoms with van der Waals surface area (Å²) in [5.41, 5.74) is 6.12. The van der Waals surface area contributed by atoms with Gasteiger partial charge >= 0.3 is 0 Å². The fraction of sp³-hybridized carbons (Fsp3) is 0. The highest BCUT2D eigenvalue weighted by Crippen LogP contribution is 2.47. The van der Waals surface area contributed by atoms with Gasteiger partial charge in [0.15, 0.2) is 0 Å². The van der Waals surface area contributed by atoms with Crippen LogP contribution in [0.3, 0.4) is 0 Å². The predicted molar refractivity (Wildman–Crippen MR) is 236 cm³/mol. The van der Waals surface area contributed by atoms with Crippen molar-refractivity contribution in [2.45, 2.75) is 0 Å². The molecule has 0 aliphatic rings. The van der Waals surface area contributed by atoms with Gasteiger partial charge in [-0.15, -0.1) is 0 Å². The average molecular weight is 875 g/mol. The van der Waals surface area contributed by atoms with E-state index in [0.717, 1.165) is 77.9 Å². The van der Waals surface area contributed by atoms with E-state index >= 15 is 0 Å². The first kappa shape index (κ1) is 36.6. The number of aromatic hydroxyl groups is 2. The van der Waals surface area contributed by atoms with E-state index in [2.05, 4.69) is 0 Å². The third-order valence-corrected chi connectivity index (χ3v) is 11.7. The number of phenolic OH excluding ortho intramolecular Hbond substituents is 2. The second-order valence-corrected chi connectivity index (χ2v) is 16.0. The number of hydrogen-bond donors (Lipinski definition) is 2. The third kappa shape index (κ3) is 5.74. The maximum Gasteiger partial charge on any atom is 0.136 e. The van der Waals surface area contributed by atoms with Gasteiger partial charge in [0.1, 0.15) is 67.8 Å². The van der Waals surface area contributed by atoms with E-state index in [9.17, 15) is 19.0 Å². The summed E-state index contributed by atoms with van der Waals surface area (Å²) in [6.07, 6.45) is 0. The van der Waals surface area contributed by atoms with Crippen molar-refractivity contribution >= 4 is 134 Å². The van der Waals surface area contributed by atoms with E-state index in [1.54, 1.807) is 6.07 Å². The summed E-state index contributed by atoms with van der Waals surface area (Å²) in [5, 5.41) is 29.8. The molecule has 0 fully saturated rings. The van der Waals surface area contributed by atoms with E-state index in [4.69, 9.17) is 64.1 Å². The highest BCUT2D eigenvalue weighted by molar-refractivity contribution is 6.33. The molecule has 2 N–H and O–H groups in total. The van der Waals surface area contributed by atoms with E-state index < -0.39 is 11.6 Å². The normalized spacial score (nSPS) is 12.0. The molecule has 0 atom stereocenters. The van der Waals surface area contributed by atoms with Crippen molar-refractivity contribution in [1.29, 1.82) is 0 Å². The molecule has 0 saturated heterocycles. The van der Waals surface area contributed by atoms with Crippen LogP contribution in [-0.4, -0.2) is 10.2 Å². The quantitative estimate of drug-likeness (QED) is 0.180. The van der Waals surface area contributed by atoms with Gasteiger partial charge in [-0.25, -0.2) is 8.78 Å². The summed E-state index contributed by atoms with van der Waals surface area (Å²) < 4.78 is 53.3. The lowest BCUT2D eigenvalue weighted by Gasteiger charge is -2.09. The van der Waals surface area contributed by atoms with Crippen LogP contribution >= 0.6 is 46.4 Å². The number of benzene rings is 8. The topological polar surface area (TPSA) is 93.0 Å². The van der Waals surface area contributed by atoms with Gasteiger partial charge in [-0.2, -0.15) is 0 Å². The van der Waals surface area contributed by atoms with Crippen LogP contribution in [0.25, 0.3) is 110 Å². The van der Waals surface area contributed by atoms with Crippen molar-refractivity contribution in [2.24, 2.45) is 0 Å². The number of fused-ring (bicyclic) bond motifs is 13. The van der Waals surface area contributed by atoms with Crippen LogP contribution in [-0.2, 0) is 0 Å². The minimum Gasteiger partial charge on any atom is -0.507 e. The Labute approximate surface area is 355 Å². The van der Waals surface area contributed by atoms with Crippen molar-refractivity contribution in [2.75, 3.05) is 0 Å². The Bertz CT molecular complexity index is 3790. The van der Waals surface area contributed by atoms with Crippen molar-refractivity contribution in [1.82, 2.24) is 0 Å². The summed E-state index contributed by atoms with van der Waals surface area (Å²) in [5.74, 6) is -1.58. The summed E-state index contributed by atoms with van der Waals surface area (Å²) in [7, 11) is 0. The summed E-state index contributed by atoms with van der Waals surface area (Å²) in [6, 6.07) is 33.4. The SMILES string of the molecule is Clc1ccc2c(c1)oc1cc3c(cc12)oc1ccc2oc4cc(Cl)ccc4c2c13.Oc1cc2c(cc1-c1ccc(Cl)cc1F)oc1ccc(O)c(-c3ccc(Cl)cc3F)c12. The highest BCUT2D eigenvalue weighted by Gasteiger charge is 2.22. The van der Waals surface area contributed by atoms with Crippen LogP contribution in [0.1, 0.15) is 0 Å². The van der Waals surface area contributed by atoms with Crippen molar-refractivity contribution < 1.29 is 36.7 Å². The zero-order chi connectivity index (χ0) is 41.1. The Balaban J connectivity index is 0.000000136. The third-order valence-electron chi connectivity index (χ3n) is 10.7. The van der Waals surface area contributed by atoms with Crippen LogP contribution in [0.2, 0.25) is 20.1 Å². The molecule has 6 nitrogen and oxygen atoms in total. The van der Waals surface area contributed by atoms with Crippen molar-refractivity contribution in [3.05, 3.63) is 153 Å². The van der Waals surface area contributed by atoms with Crippen LogP contribution in [0.15, 0.2) is 139 Å². The number of hydrogen-bond acceptors (Lipinski definition) is 6. The van der Waals surface area contributed by atoms with Crippen LogP contribution in [0.5, 0.6) is 11.5 Å². The first-order chi connectivity index (χ1) is 29.0. The molecule has 4 heterocycles. The Kier molecular flexibility index (Phi) is 8.28. The molecular weight excluding hydrogens is 852 g/mol. The highest BCUT2D eigenvalue weighted by atomic mass is 35.5. The lowest BCUT2D eigenvalue weighted by Crippen LogP contribution is -1.87. The number of rotatable bonds is 2. The molecule has 0 spiro atoms. The first-order valence-corrected chi connectivity index (χ1v) is 19.8. The molecule has 0 unspecified atom stereocenters. The van der Waals surface area contributed by atoms with E-state index in [-0.39, 0.29) is 43.8 Å². The van der Waals surface area contributed by atoms with Gasteiger partial charge < -0.3 is 27.9 Å². The zero-order valence-corrected chi connectivity index (χ0v) is 33.4. The van der Waals surface area contributed by atoms with Gasteiger partial charge in [0.05, 0.1) is 0 Å². The molecule has 0 aliphatic heterocycles. The molecule has 8 aromatic carbocycles. The van der Waals surface area contributed by atoms with Crippen LogP contribution in [0.4, 0.5) is 8.78 Å². The summed E-state index contributed by atoms with van der Waals surface area (Å²) in [6.45, 7) is 0. The molecule has 60 heavy (non-hydrogen) atoms. The molecule has 0 radical (unpaired) electrons. The molecule has 0 amide bonds. The Hall–Kier alpha value is -6.42. The largest absolute Gasteiger partial charge is 0.507 e. The molecule has 292 valence electrons. The lowest BCUT2D eigenvalue weighted by molar-refractivity contribution is 0.476. The second-order valence-electron chi connectivity index (χ2n) is 14.3. The smallest absolute Gasteiger partial charge is 0.136 e. The fourth-order valence-corrected chi connectivity index (χ4v) is 8.77. The Morgan fingerprint density at radius 3 is 1.45 bits per heavy atom. The van der Waals surface area contributed by atoms with Crippen molar-refractivity contribution in [3.63, 3.8) is 0 Å². The maximum absolute atomic E-state index is 14.7. The summed E-state index contributed by atoms with van der Waals surface area (Å²) in [4.78, 5) is 0. The molecule has 0 bridgehead atoms. The van der Waals surface area contributed by atoms with Gasteiger partial charge in [0.25, 0.3) is 0 Å². The van der Waals surface area contributed by atoms with E-state index in [0.29, 0.717) is 32.0 Å². The monoisotopic (exact) mass is 872 g/mol. The maximum atomic E-state index is 14.7. The molecule has 12 aromatic rings. The van der Waals surface area contributed by atoms with Gasteiger partial charge in [-0.05, 0) is 109 Å². The van der Waals surface area contributed by atoms with Crippen molar-refractivity contribution in [3.8, 4) is 33.8 Å². The zero-order valence-electron chi connectivity index (χ0n) is 30.3. The van der Waals surface area contributed by atoms with Gasteiger partial charge in [0, 0.05) is 97.6 Å². The molecule has 0 saturated carbocycles. The molecular formula is C48H22Cl4F2O6. The fourth-order valence-electron chi connectivity index (χ4n) is 8.13. The van der Waals surface area contributed by atoms with Gasteiger partial charge in [0.2, 0.25) is 0 Å². The lowest BCUT2D eigenvalue weighted by atomic mass is 9.96. The summed E-state index contributed by atoms with van der Waals surface area (Å²) >= 11 is 24.0. The predicted octanol–water partition coefficient (Wildman–Crippen LogP) is 16.6. The minimum atomic E-state index is -0.617. The van der Waals surface area contributed by atoms with E-state index in [1.165, 1.54) is 42.5 Å². The van der Waals surface area contributed by atoms with Crippen LogP contribution in [0, 0.1) is 11.6 Å². The minimum absolute atomic E-state index is 0.127. The number of furan rings is 4.